The lowest BCUT2D eigenvalue weighted by Crippen LogP contribution is -2.48. The lowest BCUT2D eigenvalue weighted by Gasteiger charge is -2.28. The Kier molecular flexibility index (Phi) is 7.58. The van der Waals surface area contributed by atoms with Gasteiger partial charge in [0.25, 0.3) is 0 Å². The van der Waals surface area contributed by atoms with Gasteiger partial charge in [0.05, 0.1) is 25.1 Å². The highest BCUT2D eigenvalue weighted by Crippen LogP contribution is 2.25. The summed E-state index contributed by atoms with van der Waals surface area (Å²) in [5.41, 5.74) is 0.394. The Bertz CT molecular complexity index is 1160. The number of carbonyl (C=O) groups excluding carboxylic acids is 1. The zero-order chi connectivity index (χ0) is 23.1. The number of sulfonamides is 1. The number of nitrogens with one attached hydrogen (secondary N) is 1. The van der Waals surface area contributed by atoms with Gasteiger partial charge >= 0.3 is 0 Å². The Labute approximate surface area is 189 Å². The van der Waals surface area contributed by atoms with E-state index in [9.17, 15) is 13.2 Å². The van der Waals surface area contributed by atoms with Crippen LogP contribution in [0.4, 0.5) is 5.69 Å². The quantitative estimate of drug-likeness (QED) is 0.471. The van der Waals surface area contributed by atoms with Crippen molar-refractivity contribution in [1.29, 1.82) is 0 Å². The zero-order valence-corrected chi connectivity index (χ0v) is 19.3. The van der Waals surface area contributed by atoms with Gasteiger partial charge in [0.1, 0.15) is 24.1 Å². The van der Waals surface area contributed by atoms with Crippen LogP contribution in [-0.2, 0) is 14.8 Å². The summed E-state index contributed by atoms with van der Waals surface area (Å²) in [5.74, 6) is 0.954. The minimum Gasteiger partial charge on any atom is -0.494 e. The van der Waals surface area contributed by atoms with Gasteiger partial charge in [0.15, 0.2) is 0 Å². The molecule has 3 aromatic rings. The van der Waals surface area contributed by atoms with Crippen LogP contribution in [-0.4, -0.2) is 46.4 Å². The predicted molar refractivity (Wildman–Crippen MR) is 127 cm³/mol. The molecule has 0 aliphatic heterocycles. The van der Waals surface area contributed by atoms with Crippen molar-refractivity contribution in [3.63, 3.8) is 0 Å². The summed E-state index contributed by atoms with van der Waals surface area (Å²) in [6.45, 7) is 4.43. The average Bonchev–Trinajstić information content (AvgIpc) is 2.77. The van der Waals surface area contributed by atoms with E-state index in [-0.39, 0.29) is 13.2 Å². The molecule has 3 aromatic carbocycles. The second kappa shape index (κ2) is 10.4. The summed E-state index contributed by atoms with van der Waals surface area (Å²) >= 11 is 0. The van der Waals surface area contributed by atoms with Crippen molar-refractivity contribution in [2.45, 2.75) is 19.9 Å². The maximum absolute atomic E-state index is 12.7. The molecular formula is C24H28N2O5S. The maximum Gasteiger partial charge on any atom is 0.243 e. The lowest BCUT2D eigenvalue weighted by molar-refractivity contribution is -0.121. The number of amides is 1. The van der Waals surface area contributed by atoms with E-state index in [2.05, 4.69) is 5.32 Å². The van der Waals surface area contributed by atoms with Gasteiger partial charge < -0.3 is 14.8 Å². The summed E-state index contributed by atoms with van der Waals surface area (Å²) in [5, 5.41) is 4.83. The fraction of sp³-hybridized carbons (Fsp3) is 0.292. The smallest absolute Gasteiger partial charge is 0.243 e. The maximum atomic E-state index is 12.7. The zero-order valence-electron chi connectivity index (χ0n) is 18.4. The Morgan fingerprint density at radius 3 is 2.38 bits per heavy atom. The number of ether oxygens (including phenoxy) is 2. The van der Waals surface area contributed by atoms with Crippen LogP contribution in [0.15, 0.2) is 66.7 Å². The van der Waals surface area contributed by atoms with Crippen molar-refractivity contribution in [2.75, 3.05) is 30.3 Å². The first kappa shape index (κ1) is 23.4. The molecule has 7 nitrogen and oxygen atoms in total. The van der Waals surface area contributed by atoms with Crippen LogP contribution in [0.3, 0.4) is 0 Å². The molecule has 0 radical (unpaired) electrons. The van der Waals surface area contributed by atoms with Gasteiger partial charge in [0.2, 0.25) is 15.9 Å². The summed E-state index contributed by atoms with van der Waals surface area (Å²) in [7, 11) is -3.68. The van der Waals surface area contributed by atoms with E-state index in [0.717, 1.165) is 27.1 Å². The highest BCUT2D eigenvalue weighted by Gasteiger charge is 2.29. The number of fused-ring (bicyclic) bond motifs is 1. The highest BCUT2D eigenvalue weighted by atomic mass is 32.2. The molecule has 0 fully saturated rings. The number of hydrogen-bond donors (Lipinski definition) is 1. The van der Waals surface area contributed by atoms with Crippen LogP contribution < -0.4 is 19.1 Å². The van der Waals surface area contributed by atoms with Gasteiger partial charge in [-0.15, -0.1) is 0 Å². The minimum atomic E-state index is -3.68. The molecular weight excluding hydrogens is 428 g/mol. The third-order valence-electron chi connectivity index (χ3n) is 4.90. The predicted octanol–water partition coefficient (Wildman–Crippen LogP) is 3.59. The fourth-order valence-electron chi connectivity index (χ4n) is 3.47. The SMILES string of the molecule is CCOc1ccc(N(C(C)C(=O)NCCOc2cccc3ccccc23)S(C)(=O)=O)cc1. The molecule has 8 heteroatoms. The monoisotopic (exact) mass is 456 g/mol. The molecule has 0 bridgehead atoms. The van der Waals surface area contributed by atoms with Crippen LogP contribution in [0.1, 0.15) is 13.8 Å². The molecule has 170 valence electrons. The number of carbonyl (C=O) groups is 1. The van der Waals surface area contributed by atoms with E-state index in [1.807, 2.05) is 49.4 Å². The second-order valence-electron chi connectivity index (χ2n) is 7.28. The van der Waals surface area contributed by atoms with Gasteiger partial charge in [-0.3, -0.25) is 9.10 Å². The number of nitrogens with zero attached hydrogens (tertiary/aromatic N) is 1. The van der Waals surface area contributed by atoms with Crippen molar-refractivity contribution in [3.8, 4) is 11.5 Å². The molecule has 0 aromatic heterocycles. The average molecular weight is 457 g/mol. The molecule has 0 aliphatic carbocycles. The highest BCUT2D eigenvalue weighted by molar-refractivity contribution is 7.92. The molecule has 1 unspecified atom stereocenters. The molecule has 0 saturated carbocycles. The van der Waals surface area contributed by atoms with E-state index in [1.165, 1.54) is 0 Å². The van der Waals surface area contributed by atoms with Gasteiger partial charge in [-0.2, -0.15) is 0 Å². The van der Waals surface area contributed by atoms with Crippen molar-refractivity contribution < 1.29 is 22.7 Å². The molecule has 0 heterocycles. The van der Waals surface area contributed by atoms with Crippen molar-refractivity contribution in [3.05, 3.63) is 66.7 Å². The first-order valence-electron chi connectivity index (χ1n) is 10.4. The van der Waals surface area contributed by atoms with Crippen LogP contribution >= 0.6 is 0 Å². The summed E-state index contributed by atoms with van der Waals surface area (Å²) in [6, 6.07) is 19.4. The summed E-state index contributed by atoms with van der Waals surface area (Å²) < 4.78 is 37.2. The normalized spacial score (nSPS) is 12.2. The molecule has 32 heavy (non-hydrogen) atoms. The van der Waals surface area contributed by atoms with Gasteiger partial charge in [0, 0.05) is 5.39 Å². The second-order valence-corrected chi connectivity index (χ2v) is 9.14. The molecule has 1 atom stereocenters. The minimum absolute atomic E-state index is 0.243. The molecule has 1 amide bonds. The number of benzene rings is 3. The van der Waals surface area contributed by atoms with Crippen molar-refractivity contribution in [1.82, 2.24) is 5.32 Å². The van der Waals surface area contributed by atoms with Gasteiger partial charge in [-0.25, -0.2) is 8.42 Å². The largest absolute Gasteiger partial charge is 0.494 e. The van der Waals surface area contributed by atoms with E-state index in [4.69, 9.17) is 9.47 Å². The molecule has 0 saturated heterocycles. The number of anilines is 1. The van der Waals surface area contributed by atoms with Crippen LogP contribution in [0.25, 0.3) is 10.8 Å². The number of rotatable bonds is 10. The topological polar surface area (TPSA) is 84.9 Å². The molecule has 0 spiro atoms. The lowest BCUT2D eigenvalue weighted by atomic mass is 10.1. The molecule has 1 N–H and O–H groups in total. The first-order valence-corrected chi connectivity index (χ1v) is 12.3. The summed E-state index contributed by atoms with van der Waals surface area (Å²) in [4.78, 5) is 12.7. The van der Waals surface area contributed by atoms with Crippen LogP contribution in [0.5, 0.6) is 11.5 Å². The molecule has 0 aliphatic rings. The van der Waals surface area contributed by atoms with E-state index < -0.39 is 22.0 Å². The van der Waals surface area contributed by atoms with Crippen molar-refractivity contribution >= 4 is 32.4 Å². The van der Waals surface area contributed by atoms with E-state index >= 15 is 0 Å². The van der Waals surface area contributed by atoms with Gasteiger partial charge in [-0.1, -0.05) is 36.4 Å². The van der Waals surface area contributed by atoms with Crippen molar-refractivity contribution in [2.24, 2.45) is 0 Å². The van der Waals surface area contributed by atoms with Crippen LogP contribution in [0.2, 0.25) is 0 Å². The van der Waals surface area contributed by atoms with Gasteiger partial charge in [-0.05, 0) is 49.6 Å². The Hall–Kier alpha value is -3.26. The van der Waals surface area contributed by atoms with Crippen LogP contribution in [0, 0.1) is 0 Å². The first-order chi connectivity index (χ1) is 15.3. The third-order valence-corrected chi connectivity index (χ3v) is 6.14. The standard InChI is InChI=1S/C24H28N2O5S/c1-4-30-21-14-12-20(13-15-21)26(32(3,28)29)18(2)24(27)25-16-17-31-23-11-7-9-19-8-5-6-10-22(19)23/h5-15,18H,4,16-17H2,1-3H3,(H,25,27). The third kappa shape index (κ3) is 5.70. The Balaban J connectivity index is 1.62. The van der Waals surface area contributed by atoms with E-state index in [0.29, 0.717) is 18.0 Å². The number of hydrogen-bond acceptors (Lipinski definition) is 5. The van der Waals surface area contributed by atoms with E-state index in [1.54, 1.807) is 31.2 Å². The Morgan fingerprint density at radius 2 is 1.69 bits per heavy atom. The Morgan fingerprint density at radius 1 is 1.00 bits per heavy atom. The summed E-state index contributed by atoms with van der Waals surface area (Å²) in [6.07, 6.45) is 1.08. The molecule has 3 rings (SSSR count). The fourth-order valence-corrected chi connectivity index (χ4v) is 4.64.